The molecule has 1 saturated carbocycles. The third-order valence-electron chi connectivity index (χ3n) is 6.40. The van der Waals surface area contributed by atoms with E-state index in [1.165, 1.54) is 6.07 Å². The number of hydrogen-bond acceptors (Lipinski definition) is 5. The van der Waals surface area contributed by atoms with E-state index in [0.717, 1.165) is 36.6 Å². The van der Waals surface area contributed by atoms with Crippen LogP contribution in [0.5, 0.6) is 5.75 Å². The molecule has 1 aliphatic carbocycles. The lowest BCUT2D eigenvalue weighted by Gasteiger charge is -2.47. The van der Waals surface area contributed by atoms with Gasteiger partial charge in [-0.15, -0.1) is 0 Å². The summed E-state index contributed by atoms with van der Waals surface area (Å²) in [6.07, 6.45) is 5.23. The lowest BCUT2D eigenvalue weighted by molar-refractivity contribution is -0.145. The van der Waals surface area contributed by atoms with Crippen LogP contribution in [0.4, 0.5) is 0 Å². The first-order valence-corrected chi connectivity index (χ1v) is 10.7. The van der Waals surface area contributed by atoms with E-state index in [0.29, 0.717) is 42.3 Å². The van der Waals surface area contributed by atoms with Gasteiger partial charge in [0.25, 0.3) is 5.91 Å². The van der Waals surface area contributed by atoms with Crippen molar-refractivity contribution in [2.45, 2.75) is 51.0 Å². The molecule has 1 saturated heterocycles. The highest BCUT2D eigenvalue weighted by atomic mass is 35.5. The summed E-state index contributed by atoms with van der Waals surface area (Å²) in [6, 6.07) is 4.74. The summed E-state index contributed by atoms with van der Waals surface area (Å²) in [7, 11) is 0. The van der Waals surface area contributed by atoms with E-state index in [1.54, 1.807) is 17.0 Å². The predicted octanol–water partition coefficient (Wildman–Crippen LogP) is 3.54. The maximum absolute atomic E-state index is 12.7. The molecule has 1 amide bonds. The van der Waals surface area contributed by atoms with E-state index in [9.17, 15) is 14.7 Å². The standard InChI is InChI=1S/C22H26ClNO5/c1-2-14-9-21(26)29-18-11-19(17(23)10-16(14)18)28-13-20(25)24-8-7-22(27)6-4-3-5-15(22)12-24/h9-11,15,27H,2-8,12-13H2,1H3/t15-,22+/m1/s1. The Labute approximate surface area is 174 Å². The second kappa shape index (κ2) is 8.00. The maximum Gasteiger partial charge on any atom is 0.336 e. The molecule has 2 fully saturated rings. The average molecular weight is 420 g/mol. The highest BCUT2D eigenvalue weighted by molar-refractivity contribution is 6.32. The van der Waals surface area contributed by atoms with Gasteiger partial charge in [0.05, 0.1) is 10.6 Å². The van der Waals surface area contributed by atoms with Crippen molar-refractivity contribution in [2.75, 3.05) is 19.7 Å². The minimum Gasteiger partial charge on any atom is -0.482 e. The number of nitrogens with zero attached hydrogens (tertiary/aromatic N) is 1. The van der Waals surface area contributed by atoms with Gasteiger partial charge in [0.15, 0.2) is 6.61 Å². The summed E-state index contributed by atoms with van der Waals surface area (Å²) < 4.78 is 11.0. The first kappa shape index (κ1) is 20.2. The smallest absolute Gasteiger partial charge is 0.336 e. The van der Waals surface area contributed by atoms with Gasteiger partial charge >= 0.3 is 5.63 Å². The molecule has 2 aliphatic rings. The van der Waals surface area contributed by atoms with Crippen LogP contribution in [-0.4, -0.2) is 41.2 Å². The molecule has 2 atom stereocenters. The second-order valence-electron chi connectivity index (χ2n) is 8.15. The number of ether oxygens (including phenoxy) is 1. The van der Waals surface area contributed by atoms with Gasteiger partial charge in [-0.3, -0.25) is 4.79 Å². The zero-order chi connectivity index (χ0) is 20.6. The van der Waals surface area contributed by atoms with Crippen LogP contribution in [0.2, 0.25) is 5.02 Å². The molecule has 6 nitrogen and oxygen atoms in total. The number of benzene rings is 1. The molecule has 2 heterocycles. The van der Waals surface area contributed by atoms with Crippen LogP contribution in [0.15, 0.2) is 27.4 Å². The van der Waals surface area contributed by atoms with Gasteiger partial charge in [-0.05, 0) is 37.3 Å². The van der Waals surface area contributed by atoms with Crippen LogP contribution in [0.3, 0.4) is 0 Å². The first-order valence-electron chi connectivity index (χ1n) is 10.3. The summed E-state index contributed by atoms with van der Waals surface area (Å²) in [4.78, 5) is 26.2. The number of fused-ring (bicyclic) bond motifs is 2. The average Bonchev–Trinajstić information content (AvgIpc) is 2.71. The van der Waals surface area contributed by atoms with Gasteiger partial charge in [-0.1, -0.05) is 31.4 Å². The van der Waals surface area contributed by atoms with Crippen molar-refractivity contribution < 1.29 is 19.1 Å². The molecule has 4 rings (SSSR count). The predicted molar refractivity (Wildman–Crippen MR) is 110 cm³/mol. The number of aliphatic hydroxyl groups is 1. The van der Waals surface area contributed by atoms with Crippen LogP contribution < -0.4 is 10.4 Å². The topological polar surface area (TPSA) is 80.0 Å². The van der Waals surface area contributed by atoms with E-state index in [2.05, 4.69) is 0 Å². The Bertz CT molecular complexity index is 987. The van der Waals surface area contributed by atoms with Crippen molar-refractivity contribution in [1.29, 1.82) is 0 Å². The van der Waals surface area contributed by atoms with E-state index in [1.807, 2.05) is 6.92 Å². The molecular weight excluding hydrogens is 394 g/mol. The Hall–Kier alpha value is -2.05. The van der Waals surface area contributed by atoms with E-state index < -0.39 is 11.2 Å². The van der Waals surface area contributed by atoms with Crippen LogP contribution in [0, 0.1) is 5.92 Å². The Balaban J connectivity index is 1.46. The Morgan fingerprint density at radius 2 is 2.17 bits per heavy atom. The molecular formula is C22H26ClNO5. The maximum atomic E-state index is 12.7. The molecule has 1 aromatic carbocycles. The molecule has 1 N–H and O–H groups in total. The molecule has 29 heavy (non-hydrogen) atoms. The van der Waals surface area contributed by atoms with Crippen LogP contribution in [0.25, 0.3) is 11.0 Å². The molecule has 1 aromatic heterocycles. The van der Waals surface area contributed by atoms with Gasteiger partial charge in [-0.2, -0.15) is 0 Å². The number of carbonyl (C=O) groups excluding carboxylic acids is 1. The monoisotopic (exact) mass is 419 g/mol. The molecule has 0 spiro atoms. The molecule has 1 aliphatic heterocycles. The number of aryl methyl sites for hydroxylation is 1. The van der Waals surface area contributed by atoms with Crippen molar-refractivity contribution in [3.05, 3.63) is 39.2 Å². The number of carbonyl (C=O) groups is 1. The SMILES string of the molecule is CCc1cc(=O)oc2cc(OCC(=O)N3CC[C@@]4(O)CCCC[C@@H]4C3)c(Cl)cc12. The largest absolute Gasteiger partial charge is 0.482 e. The minimum absolute atomic E-state index is 0.127. The number of hydrogen-bond donors (Lipinski definition) is 1. The number of rotatable bonds is 4. The fourth-order valence-electron chi connectivity index (χ4n) is 4.66. The Morgan fingerprint density at radius 1 is 1.34 bits per heavy atom. The summed E-state index contributed by atoms with van der Waals surface area (Å²) >= 11 is 6.35. The highest BCUT2D eigenvalue weighted by Crippen LogP contribution is 2.40. The molecule has 2 aromatic rings. The number of piperidine rings is 1. The van der Waals surface area contributed by atoms with Crippen LogP contribution in [-0.2, 0) is 11.2 Å². The zero-order valence-electron chi connectivity index (χ0n) is 16.6. The summed E-state index contributed by atoms with van der Waals surface area (Å²) in [6.45, 7) is 2.92. The number of halogens is 1. The lowest BCUT2D eigenvalue weighted by atomic mass is 9.71. The Morgan fingerprint density at radius 3 is 2.97 bits per heavy atom. The highest BCUT2D eigenvalue weighted by Gasteiger charge is 2.43. The third-order valence-corrected chi connectivity index (χ3v) is 6.69. The van der Waals surface area contributed by atoms with Gasteiger partial charge < -0.3 is 19.2 Å². The van der Waals surface area contributed by atoms with Crippen LogP contribution >= 0.6 is 11.6 Å². The molecule has 156 valence electrons. The quantitative estimate of drug-likeness (QED) is 0.766. The van der Waals surface area contributed by atoms with Crippen LogP contribution in [0.1, 0.15) is 44.6 Å². The van der Waals surface area contributed by atoms with Gasteiger partial charge in [0, 0.05) is 36.5 Å². The fourth-order valence-corrected chi connectivity index (χ4v) is 4.88. The number of likely N-dealkylation sites (tertiary alicyclic amines) is 1. The van der Waals surface area contributed by atoms with E-state index in [4.69, 9.17) is 20.8 Å². The van der Waals surface area contributed by atoms with Gasteiger partial charge in [-0.25, -0.2) is 4.79 Å². The summed E-state index contributed by atoms with van der Waals surface area (Å²) in [5.41, 5.74) is 0.207. The number of amides is 1. The van der Waals surface area contributed by atoms with Crippen molar-refractivity contribution in [2.24, 2.45) is 5.92 Å². The van der Waals surface area contributed by atoms with Crippen molar-refractivity contribution in [3.8, 4) is 5.75 Å². The molecule has 0 unspecified atom stereocenters. The molecule has 7 heteroatoms. The second-order valence-corrected chi connectivity index (χ2v) is 8.55. The Kier molecular flexibility index (Phi) is 5.58. The zero-order valence-corrected chi connectivity index (χ0v) is 17.3. The summed E-state index contributed by atoms with van der Waals surface area (Å²) in [5.74, 6) is 0.326. The van der Waals surface area contributed by atoms with E-state index in [-0.39, 0.29) is 18.4 Å². The van der Waals surface area contributed by atoms with Gasteiger partial charge in [0.1, 0.15) is 11.3 Å². The fraction of sp³-hybridized carbons (Fsp3) is 0.545. The lowest BCUT2D eigenvalue weighted by Crippen LogP contribution is -2.55. The van der Waals surface area contributed by atoms with Crippen molar-refractivity contribution in [3.63, 3.8) is 0 Å². The molecule has 0 bridgehead atoms. The summed E-state index contributed by atoms with van der Waals surface area (Å²) in [5, 5.41) is 11.9. The third kappa shape index (κ3) is 4.01. The van der Waals surface area contributed by atoms with E-state index >= 15 is 0 Å². The van der Waals surface area contributed by atoms with Crippen molar-refractivity contribution >= 4 is 28.5 Å². The van der Waals surface area contributed by atoms with Gasteiger partial charge in [0.2, 0.25) is 0 Å². The normalized spacial score (nSPS) is 24.4. The minimum atomic E-state index is -0.619. The molecule has 0 radical (unpaired) electrons. The first-order chi connectivity index (χ1) is 13.9. The van der Waals surface area contributed by atoms with Crippen molar-refractivity contribution in [1.82, 2.24) is 4.90 Å².